The first-order valence-electron chi connectivity index (χ1n) is 9.69. The molecule has 32 heavy (non-hydrogen) atoms. The predicted octanol–water partition coefficient (Wildman–Crippen LogP) is 5.66. The zero-order chi connectivity index (χ0) is 22.8. The molecule has 0 amide bonds. The molecule has 162 valence electrons. The van der Waals surface area contributed by atoms with E-state index in [2.05, 4.69) is 0 Å². The maximum absolute atomic E-state index is 12.7. The fourth-order valence-electron chi connectivity index (χ4n) is 3.48. The molecule has 3 aromatic carbocycles. The van der Waals surface area contributed by atoms with Crippen LogP contribution in [0.1, 0.15) is 15.9 Å². The number of halogens is 1. The first-order chi connectivity index (χ1) is 15.4. The number of ether oxygens (including phenoxy) is 3. The maximum Gasteiger partial charge on any atom is 0.344 e. The molecule has 0 atom stereocenters. The number of rotatable bonds is 5. The average Bonchev–Trinajstić information content (AvgIpc) is 2.79. The molecule has 0 fully saturated rings. The summed E-state index contributed by atoms with van der Waals surface area (Å²) in [6.45, 7) is 1.85. The smallest absolute Gasteiger partial charge is 0.344 e. The van der Waals surface area contributed by atoms with Gasteiger partial charge in [-0.15, -0.1) is 0 Å². The van der Waals surface area contributed by atoms with Gasteiger partial charge in [-0.05, 0) is 60.5 Å². The number of methoxy groups -OCH3 is 2. The number of esters is 1. The van der Waals surface area contributed by atoms with Gasteiger partial charge in [0.25, 0.3) is 0 Å². The standard InChI is InChI=1S/C25H19ClO6/c1-14-19-10-9-18(31-24(27)16-6-11-20(29-2)22(12-16)30-3)13-21(19)32-25(28)23(14)15-4-7-17(26)8-5-15/h4-13H,1-3H3. The maximum atomic E-state index is 12.7. The van der Waals surface area contributed by atoms with Crippen molar-refractivity contribution in [3.05, 3.63) is 87.2 Å². The molecule has 0 N–H and O–H groups in total. The van der Waals surface area contributed by atoms with E-state index in [0.717, 1.165) is 10.9 Å². The Balaban J connectivity index is 1.67. The van der Waals surface area contributed by atoms with Crippen molar-refractivity contribution < 1.29 is 23.4 Å². The summed E-state index contributed by atoms with van der Waals surface area (Å²) in [6.07, 6.45) is 0. The third-order valence-electron chi connectivity index (χ3n) is 5.10. The monoisotopic (exact) mass is 450 g/mol. The molecule has 6 nitrogen and oxygen atoms in total. The number of aryl methyl sites for hydroxylation is 1. The molecular formula is C25H19ClO6. The summed E-state index contributed by atoms with van der Waals surface area (Å²) in [4.78, 5) is 25.3. The summed E-state index contributed by atoms with van der Waals surface area (Å²) in [5.74, 6) is 0.585. The number of carbonyl (C=O) groups excluding carboxylic acids is 1. The molecule has 0 aliphatic rings. The van der Waals surface area contributed by atoms with Gasteiger partial charge in [0.2, 0.25) is 0 Å². The molecule has 0 saturated carbocycles. The second-order valence-electron chi connectivity index (χ2n) is 7.01. The van der Waals surface area contributed by atoms with E-state index in [1.807, 2.05) is 6.92 Å². The molecule has 0 spiro atoms. The second kappa shape index (κ2) is 8.77. The quantitative estimate of drug-likeness (QED) is 0.222. The zero-order valence-corrected chi connectivity index (χ0v) is 18.4. The molecule has 0 radical (unpaired) electrons. The molecule has 0 bridgehead atoms. The van der Waals surface area contributed by atoms with Gasteiger partial charge in [-0.2, -0.15) is 0 Å². The molecule has 0 saturated heterocycles. The van der Waals surface area contributed by atoms with Gasteiger partial charge in [0.1, 0.15) is 11.3 Å². The van der Waals surface area contributed by atoms with Crippen molar-refractivity contribution in [2.24, 2.45) is 0 Å². The third kappa shape index (κ3) is 4.05. The Morgan fingerprint density at radius 3 is 2.31 bits per heavy atom. The molecule has 0 aliphatic carbocycles. The molecule has 7 heteroatoms. The van der Waals surface area contributed by atoms with Gasteiger partial charge in [0, 0.05) is 16.5 Å². The Labute approximate surface area is 188 Å². The van der Waals surface area contributed by atoms with Crippen molar-refractivity contribution in [2.45, 2.75) is 6.92 Å². The Hall–Kier alpha value is -3.77. The lowest BCUT2D eigenvalue weighted by atomic mass is 10.00. The lowest BCUT2D eigenvalue weighted by molar-refractivity contribution is 0.0734. The van der Waals surface area contributed by atoms with E-state index in [1.54, 1.807) is 48.5 Å². The minimum Gasteiger partial charge on any atom is -0.493 e. The van der Waals surface area contributed by atoms with E-state index >= 15 is 0 Å². The van der Waals surface area contributed by atoms with Gasteiger partial charge in [-0.3, -0.25) is 0 Å². The van der Waals surface area contributed by atoms with Crippen LogP contribution < -0.4 is 19.8 Å². The van der Waals surface area contributed by atoms with Crippen LogP contribution in [0.15, 0.2) is 69.9 Å². The van der Waals surface area contributed by atoms with Crippen LogP contribution in [0.5, 0.6) is 17.2 Å². The number of benzene rings is 3. The summed E-state index contributed by atoms with van der Waals surface area (Å²) >= 11 is 5.95. The summed E-state index contributed by atoms with van der Waals surface area (Å²) in [5, 5.41) is 1.32. The van der Waals surface area contributed by atoms with Crippen LogP contribution >= 0.6 is 11.6 Å². The van der Waals surface area contributed by atoms with Crippen molar-refractivity contribution >= 4 is 28.5 Å². The van der Waals surface area contributed by atoms with E-state index in [4.69, 9.17) is 30.2 Å². The minimum absolute atomic E-state index is 0.249. The molecular weight excluding hydrogens is 432 g/mol. The summed E-state index contributed by atoms with van der Waals surface area (Å²) in [5.41, 5.74) is 2.06. The summed E-state index contributed by atoms with van der Waals surface area (Å²) in [6, 6.07) is 16.6. The van der Waals surface area contributed by atoms with Crippen molar-refractivity contribution in [3.8, 4) is 28.4 Å². The van der Waals surface area contributed by atoms with E-state index in [0.29, 0.717) is 38.8 Å². The number of fused-ring (bicyclic) bond motifs is 1. The molecule has 4 rings (SSSR count). The first kappa shape index (κ1) is 21.5. The van der Waals surface area contributed by atoms with E-state index < -0.39 is 11.6 Å². The van der Waals surface area contributed by atoms with E-state index in [1.165, 1.54) is 26.4 Å². The Morgan fingerprint density at radius 2 is 1.62 bits per heavy atom. The molecule has 0 unspecified atom stereocenters. The number of hydrogen-bond acceptors (Lipinski definition) is 6. The Morgan fingerprint density at radius 1 is 0.906 bits per heavy atom. The van der Waals surface area contributed by atoms with Crippen LogP contribution in [0.25, 0.3) is 22.1 Å². The highest BCUT2D eigenvalue weighted by molar-refractivity contribution is 6.30. The van der Waals surface area contributed by atoms with Crippen LogP contribution in [-0.2, 0) is 0 Å². The number of hydrogen-bond donors (Lipinski definition) is 0. The van der Waals surface area contributed by atoms with Crippen LogP contribution in [0.4, 0.5) is 0 Å². The van der Waals surface area contributed by atoms with Crippen molar-refractivity contribution in [3.63, 3.8) is 0 Å². The van der Waals surface area contributed by atoms with E-state index in [9.17, 15) is 9.59 Å². The molecule has 4 aromatic rings. The lowest BCUT2D eigenvalue weighted by Gasteiger charge is -2.11. The Kier molecular flexibility index (Phi) is 5.88. The average molecular weight is 451 g/mol. The topological polar surface area (TPSA) is 75.0 Å². The van der Waals surface area contributed by atoms with Gasteiger partial charge in [-0.25, -0.2) is 9.59 Å². The van der Waals surface area contributed by atoms with Gasteiger partial charge in [-0.1, -0.05) is 23.7 Å². The Bertz CT molecular complexity index is 1370. The first-order valence-corrected chi connectivity index (χ1v) is 10.1. The van der Waals surface area contributed by atoms with Crippen LogP contribution in [0, 0.1) is 6.92 Å². The van der Waals surface area contributed by atoms with E-state index in [-0.39, 0.29) is 5.75 Å². The fourth-order valence-corrected chi connectivity index (χ4v) is 3.61. The van der Waals surface area contributed by atoms with Crippen molar-refractivity contribution in [1.29, 1.82) is 0 Å². The van der Waals surface area contributed by atoms with Crippen LogP contribution in [0.3, 0.4) is 0 Å². The third-order valence-corrected chi connectivity index (χ3v) is 5.35. The van der Waals surface area contributed by atoms with Crippen LogP contribution in [-0.4, -0.2) is 20.2 Å². The minimum atomic E-state index is -0.581. The normalized spacial score (nSPS) is 10.8. The summed E-state index contributed by atoms with van der Waals surface area (Å²) < 4.78 is 21.4. The molecule has 0 aliphatic heterocycles. The predicted molar refractivity (Wildman–Crippen MR) is 122 cm³/mol. The SMILES string of the molecule is COc1ccc(C(=O)Oc2ccc3c(C)c(-c4ccc(Cl)cc4)c(=O)oc3c2)cc1OC. The molecule has 1 heterocycles. The summed E-state index contributed by atoms with van der Waals surface area (Å²) in [7, 11) is 3.00. The highest BCUT2D eigenvalue weighted by Crippen LogP contribution is 2.31. The highest BCUT2D eigenvalue weighted by Gasteiger charge is 2.16. The van der Waals surface area contributed by atoms with Crippen molar-refractivity contribution in [2.75, 3.05) is 14.2 Å². The van der Waals surface area contributed by atoms with Gasteiger partial charge in [0.05, 0.1) is 25.3 Å². The van der Waals surface area contributed by atoms with Crippen LogP contribution in [0.2, 0.25) is 5.02 Å². The number of carbonyl (C=O) groups is 1. The fraction of sp³-hybridized carbons (Fsp3) is 0.120. The molecule has 1 aromatic heterocycles. The van der Waals surface area contributed by atoms with Gasteiger partial charge >= 0.3 is 11.6 Å². The van der Waals surface area contributed by atoms with Gasteiger partial charge < -0.3 is 18.6 Å². The zero-order valence-electron chi connectivity index (χ0n) is 17.6. The largest absolute Gasteiger partial charge is 0.493 e. The lowest BCUT2D eigenvalue weighted by Crippen LogP contribution is -2.09. The van der Waals surface area contributed by atoms with Gasteiger partial charge in [0.15, 0.2) is 11.5 Å². The van der Waals surface area contributed by atoms with Crippen molar-refractivity contribution in [1.82, 2.24) is 0 Å². The second-order valence-corrected chi connectivity index (χ2v) is 7.45. The highest BCUT2D eigenvalue weighted by atomic mass is 35.5.